The van der Waals surface area contributed by atoms with E-state index in [4.69, 9.17) is 21.7 Å². The summed E-state index contributed by atoms with van der Waals surface area (Å²) in [7, 11) is -1.41. The van der Waals surface area contributed by atoms with Crippen molar-refractivity contribution in [2.45, 2.75) is 18.9 Å². The second-order valence-corrected chi connectivity index (χ2v) is 7.65. The van der Waals surface area contributed by atoms with Gasteiger partial charge in [0.15, 0.2) is 9.84 Å². The lowest BCUT2D eigenvalue weighted by molar-refractivity contribution is 0.406. The third kappa shape index (κ3) is 3.83. The van der Waals surface area contributed by atoms with Crippen molar-refractivity contribution in [1.82, 2.24) is 5.32 Å². The molecule has 1 heterocycles. The number of sulfone groups is 1. The maximum absolute atomic E-state index is 11.5. The maximum Gasteiger partial charge on any atom is 0.262 e. The lowest BCUT2D eigenvalue weighted by atomic mass is 10.0. The summed E-state index contributed by atoms with van der Waals surface area (Å²) in [5.41, 5.74) is -0.561. The molecule has 0 saturated carbocycles. The minimum Gasteiger partial charge on any atom is -0.497 e. The SMILES string of the molecule is COc1cccc(OC(=S)NC2(C)CCS(=O)(=O)C2)c1. The number of methoxy groups -OCH3 is 1. The molecule has 1 aliphatic heterocycles. The van der Waals surface area contributed by atoms with E-state index in [1.54, 1.807) is 31.4 Å². The monoisotopic (exact) mass is 315 g/mol. The highest BCUT2D eigenvalue weighted by Crippen LogP contribution is 2.24. The fraction of sp³-hybridized carbons (Fsp3) is 0.462. The maximum atomic E-state index is 11.5. The molecule has 1 aromatic carbocycles. The molecule has 1 N–H and O–H groups in total. The zero-order valence-electron chi connectivity index (χ0n) is 11.4. The minimum atomic E-state index is -2.98. The Balaban J connectivity index is 1.99. The van der Waals surface area contributed by atoms with Gasteiger partial charge in [-0.25, -0.2) is 8.42 Å². The summed E-state index contributed by atoms with van der Waals surface area (Å²) in [5.74, 6) is 1.46. The van der Waals surface area contributed by atoms with E-state index in [1.807, 2.05) is 6.92 Å². The van der Waals surface area contributed by atoms with E-state index in [0.29, 0.717) is 17.9 Å². The number of nitrogens with one attached hydrogen (secondary N) is 1. The van der Waals surface area contributed by atoms with E-state index in [0.717, 1.165) is 0 Å². The van der Waals surface area contributed by atoms with Crippen molar-refractivity contribution in [3.8, 4) is 11.5 Å². The largest absolute Gasteiger partial charge is 0.497 e. The molecule has 1 aliphatic rings. The first-order chi connectivity index (χ1) is 9.32. The van der Waals surface area contributed by atoms with Gasteiger partial charge < -0.3 is 14.8 Å². The van der Waals surface area contributed by atoms with Crippen LogP contribution in [0.15, 0.2) is 24.3 Å². The van der Waals surface area contributed by atoms with Gasteiger partial charge in [-0.15, -0.1) is 0 Å². The fourth-order valence-corrected chi connectivity index (χ4v) is 4.59. The van der Waals surface area contributed by atoms with Crippen LogP contribution in [0.3, 0.4) is 0 Å². The molecule has 0 aliphatic carbocycles. The standard InChI is InChI=1S/C13H17NO4S2/c1-13(6-7-20(15,16)9-13)14-12(19)18-11-5-3-4-10(8-11)17-2/h3-5,8H,6-7,9H2,1-2H3,(H,14,19). The van der Waals surface area contributed by atoms with Crippen LogP contribution in [0, 0.1) is 0 Å². The average Bonchev–Trinajstić information content (AvgIpc) is 2.63. The molecule has 0 amide bonds. The van der Waals surface area contributed by atoms with Crippen LogP contribution >= 0.6 is 12.2 Å². The summed E-state index contributed by atoms with van der Waals surface area (Å²) in [4.78, 5) is 0. The normalized spacial score (nSPS) is 24.1. The smallest absolute Gasteiger partial charge is 0.262 e. The first-order valence-electron chi connectivity index (χ1n) is 6.16. The molecule has 0 spiro atoms. The van der Waals surface area contributed by atoms with Crippen molar-refractivity contribution in [3.63, 3.8) is 0 Å². The molecule has 0 radical (unpaired) electrons. The fourth-order valence-electron chi connectivity index (χ4n) is 2.15. The number of rotatable bonds is 3. The molecular weight excluding hydrogens is 298 g/mol. The van der Waals surface area contributed by atoms with Gasteiger partial charge in [-0.05, 0) is 37.7 Å². The van der Waals surface area contributed by atoms with Crippen LogP contribution in [0.4, 0.5) is 0 Å². The van der Waals surface area contributed by atoms with Crippen molar-refractivity contribution in [3.05, 3.63) is 24.3 Å². The summed E-state index contributed by atoms with van der Waals surface area (Å²) >= 11 is 5.13. The van der Waals surface area contributed by atoms with Crippen molar-refractivity contribution in [1.29, 1.82) is 0 Å². The van der Waals surface area contributed by atoms with E-state index in [2.05, 4.69) is 5.32 Å². The average molecular weight is 315 g/mol. The Kier molecular flexibility index (Phi) is 4.19. The van der Waals surface area contributed by atoms with Crippen molar-refractivity contribution in [2.24, 2.45) is 0 Å². The molecule has 20 heavy (non-hydrogen) atoms. The number of hydrogen-bond donors (Lipinski definition) is 1. The van der Waals surface area contributed by atoms with Crippen LogP contribution in [-0.4, -0.2) is 37.7 Å². The number of benzene rings is 1. The first kappa shape index (κ1) is 15.1. The Morgan fingerprint density at radius 1 is 1.40 bits per heavy atom. The second kappa shape index (κ2) is 5.57. The molecule has 1 saturated heterocycles. The van der Waals surface area contributed by atoms with Crippen LogP contribution in [0.5, 0.6) is 11.5 Å². The lowest BCUT2D eigenvalue weighted by Crippen LogP contribution is -2.47. The van der Waals surface area contributed by atoms with Gasteiger partial charge in [0, 0.05) is 6.07 Å². The predicted molar refractivity (Wildman–Crippen MR) is 81.0 cm³/mol. The number of ether oxygens (including phenoxy) is 2. The molecule has 1 atom stereocenters. The van der Waals surface area contributed by atoms with Gasteiger partial charge >= 0.3 is 0 Å². The lowest BCUT2D eigenvalue weighted by Gasteiger charge is -2.25. The highest BCUT2D eigenvalue weighted by molar-refractivity contribution is 7.91. The molecule has 5 nitrogen and oxygen atoms in total. The van der Waals surface area contributed by atoms with Gasteiger partial charge in [0.1, 0.15) is 11.5 Å². The van der Waals surface area contributed by atoms with Crippen LogP contribution in [0.25, 0.3) is 0 Å². The third-order valence-electron chi connectivity index (χ3n) is 3.16. The van der Waals surface area contributed by atoms with Crippen molar-refractivity contribution >= 4 is 27.2 Å². The molecule has 2 rings (SSSR count). The summed E-state index contributed by atoms with van der Waals surface area (Å²) in [6.07, 6.45) is 0.525. The van der Waals surface area contributed by atoms with Crippen LogP contribution in [0.2, 0.25) is 0 Å². The Hall–Kier alpha value is -1.34. The van der Waals surface area contributed by atoms with Crippen LogP contribution in [-0.2, 0) is 9.84 Å². The van der Waals surface area contributed by atoms with Crippen LogP contribution < -0.4 is 14.8 Å². The highest BCUT2D eigenvalue weighted by Gasteiger charge is 2.39. The molecule has 0 aromatic heterocycles. The van der Waals surface area contributed by atoms with Gasteiger partial charge in [-0.2, -0.15) is 0 Å². The van der Waals surface area contributed by atoms with Crippen molar-refractivity contribution < 1.29 is 17.9 Å². The number of hydrogen-bond acceptors (Lipinski definition) is 5. The van der Waals surface area contributed by atoms with Gasteiger partial charge in [-0.3, -0.25) is 0 Å². The molecule has 1 unspecified atom stereocenters. The molecule has 7 heteroatoms. The van der Waals surface area contributed by atoms with E-state index in [9.17, 15) is 8.42 Å². The Morgan fingerprint density at radius 3 is 2.70 bits per heavy atom. The molecular formula is C13H17NO4S2. The third-order valence-corrected chi connectivity index (χ3v) is 5.25. The van der Waals surface area contributed by atoms with E-state index >= 15 is 0 Å². The number of thiocarbonyl (C=S) groups is 1. The van der Waals surface area contributed by atoms with E-state index < -0.39 is 15.4 Å². The van der Waals surface area contributed by atoms with Crippen molar-refractivity contribution in [2.75, 3.05) is 18.6 Å². The quantitative estimate of drug-likeness (QED) is 0.853. The molecule has 110 valence electrons. The summed E-state index contributed by atoms with van der Waals surface area (Å²) in [6, 6.07) is 7.05. The highest BCUT2D eigenvalue weighted by atomic mass is 32.2. The van der Waals surface area contributed by atoms with Gasteiger partial charge in [-0.1, -0.05) is 6.07 Å². The second-order valence-electron chi connectivity index (χ2n) is 5.10. The van der Waals surface area contributed by atoms with Gasteiger partial charge in [0.2, 0.25) is 0 Å². The molecule has 1 fully saturated rings. The molecule has 0 bridgehead atoms. The summed E-state index contributed by atoms with van der Waals surface area (Å²) < 4.78 is 33.6. The topological polar surface area (TPSA) is 64.6 Å². The van der Waals surface area contributed by atoms with Crippen LogP contribution in [0.1, 0.15) is 13.3 Å². The minimum absolute atomic E-state index is 0.0710. The van der Waals surface area contributed by atoms with E-state index in [1.165, 1.54) is 0 Å². The summed E-state index contributed by atoms with van der Waals surface area (Å²) in [5, 5.41) is 3.15. The predicted octanol–water partition coefficient (Wildman–Crippen LogP) is 1.53. The zero-order chi connectivity index (χ0) is 14.8. The Morgan fingerprint density at radius 2 is 2.10 bits per heavy atom. The summed E-state index contributed by atoms with van der Waals surface area (Å²) in [6.45, 7) is 1.83. The Labute approximate surface area is 124 Å². The van der Waals surface area contributed by atoms with E-state index in [-0.39, 0.29) is 16.7 Å². The van der Waals surface area contributed by atoms with Gasteiger partial charge in [0.25, 0.3) is 5.17 Å². The zero-order valence-corrected chi connectivity index (χ0v) is 13.0. The van der Waals surface area contributed by atoms with Gasteiger partial charge in [0.05, 0.1) is 24.2 Å². The Bertz CT molecular complexity index is 615. The molecule has 1 aromatic rings. The first-order valence-corrected chi connectivity index (χ1v) is 8.39.